The first-order chi connectivity index (χ1) is 8.83. The summed E-state index contributed by atoms with van der Waals surface area (Å²) >= 11 is 0. The number of hydrogen-bond donors (Lipinski definition) is 1. The quantitative estimate of drug-likeness (QED) is 0.880. The number of nitrogens with one attached hydrogen (secondary N) is 1. The Balaban J connectivity index is 1.67. The monoisotopic (exact) mass is 250 g/mol. The molecule has 5 nitrogen and oxygen atoms in total. The summed E-state index contributed by atoms with van der Waals surface area (Å²) in [5.74, 6) is 1.50. The minimum absolute atomic E-state index is 0.647. The van der Waals surface area contributed by atoms with Crippen molar-refractivity contribution in [3.8, 4) is 0 Å². The van der Waals surface area contributed by atoms with E-state index in [0.29, 0.717) is 12.1 Å². The lowest BCUT2D eigenvalue weighted by Gasteiger charge is -2.38. The van der Waals surface area contributed by atoms with Crippen LogP contribution in [0, 0.1) is 6.92 Å². The zero-order chi connectivity index (χ0) is 12.4. The Morgan fingerprint density at radius 1 is 1.33 bits per heavy atom. The molecule has 0 amide bonds. The van der Waals surface area contributed by atoms with E-state index in [1.54, 1.807) is 0 Å². The summed E-state index contributed by atoms with van der Waals surface area (Å²) in [6.07, 6.45) is 6.56. The van der Waals surface area contributed by atoms with E-state index in [0.717, 1.165) is 24.8 Å². The van der Waals surface area contributed by atoms with Crippen molar-refractivity contribution in [2.75, 3.05) is 13.1 Å². The predicted molar refractivity (Wildman–Crippen MR) is 68.1 cm³/mol. The van der Waals surface area contributed by atoms with Gasteiger partial charge in [-0.25, -0.2) is 0 Å². The highest BCUT2D eigenvalue weighted by molar-refractivity contribution is 4.93. The first-order valence-corrected chi connectivity index (χ1v) is 7.09. The van der Waals surface area contributed by atoms with E-state index in [1.165, 1.54) is 38.6 Å². The summed E-state index contributed by atoms with van der Waals surface area (Å²) in [4.78, 5) is 6.85. The van der Waals surface area contributed by atoms with Crippen molar-refractivity contribution < 1.29 is 4.52 Å². The van der Waals surface area contributed by atoms with E-state index >= 15 is 0 Å². The summed E-state index contributed by atoms with van der Waals surface area (Å²) < 4.78 is 5.25. The van der Waals surface area contributed by atoms with Crippen LogP contribution >= 0.6 is 0 Å². The number of hydrogen-bond acceptors (Lipinski definition) is 5. The molecule has 2 fully saturated rings. The van der Waals surface area contributed by atoms with Crippen LogP contribution in [0.4, 0.5) is 0 Å². The molecular weight excluding hydrogens is 228 g/mol. The second kappa shape index (κ2) is 5.36. The average molecular weight is 250 g/mol. The molecule has 1 aromatic rings. The van der Waals surface area contributed by atoms with Crippen molar-refractivity contribution >= 4 is 0 Å². The number of aromatic nitrogens is 2. The number of likely N-dealkylation sites (tertiary alicyclic amines) is 1. The third-order valence-electron chi connectivity index (χ3n) is 4.14. The lowest BCUT2D eigenvalue weighted by Crippen LogP contribution is -2.49. The molecule has 5 heteroatoms. The van der Waals surface area contributed by atoms with Gasteiger partial charge in [-0.05, 0) is 45.7 Å². The Morgan fingerprint density at radius 2 is 2.28 bits per heavy atom. The SMILES string of the molecule is Cc1noc(CN2CCCCC2C2CCCN2)n1. The van der Waals surface area contributed by atoms with Crippen molar-refractivity contribution in [2.24, 2.45) is 0 Å². The highest BCUT2D eigenvalue weighted by atomic mass is 16.5. The fourth-order valence-electron chi connectivity index (χ4n) is 3.29. The molecule has 0 saturated carbocycles. The highest BCUT2D eigenvalue weighted by Gasteiger charge is 2.32. The van der Waals surface area contributed by atoms with E-state index < -0.39 is 0 Å². The summed E-state index contributed by atoms with van der Waals surface area (Å²) in [5.41, 5.74) is 0. The van der Waals surface area contributed by atoms with E-state index in [9.17, 15) is 0 Å². The van der Waals surface area contributed by atoms with Crippen LogP contribution in [-0.2, 0) is 6.54 Å². The number of rotatable bonds is 3. The maximum absolute atomic E-state index is 5.25. The molecule has 0 spiro atoms. The molecule has 0 radical (unpaired) electrons. The van der Waals surface area contributed by atoms with Gasteiger partial charge in [0.2, 0.25) is 5.89 Å². The van der Waals surface area contributed by atoms with Gasteiger partial charge >= 0.3 is 0 Å². The normalized spacial score (nSPS) is 29.8. The zero-order valence-corrected chi connectivity index (χ0v) is 11.1. The fraction of sp³-hybridized carbons (Fsp3) is 0.846. The molecular formula is C13H22N4O. The van der Waals surface area contributed by atoms with Gasteiger partial charge in [-0.1, -0.05) is 11.6 Å². The molecule has 3 heterocycles. The van der Waals surface area contributed by atoms with Crippen LogP contribution in [0.2, 0.25) is 0 Å². The maximum atomic E-state index is 5.25. The number of piperidine rings is 1. The summed E-state index contributed by atoms with van der Waals surface area (Å²) in [5, 5.41) is 7.52. The topological polar surface area (TPSA) is 54.2 Å². The van der Waals surface area contributed by atoms with E-state index in [2.05, 4.69) is 20.4 Å². The molecule has 2 unspecified atom stereocenters. The van der Waals surface area contributed by atoms with Crippen molar-refractivity contribution in [1.29, 1.82) is 0 Å². The van der Waals surface area contributed by atoms with Crippen molar-refractivity contribution in [2.45, 2.75) is 57.7 Å². The largest absolute Gasteiger partial charge is 0.338 e. The molecule has 100 valence electrons. The van der Waals surface area contributed by atoms with Gasteiger partial charge in [0.25, 0.3) is 0 Å². The van der Waals surface area contributed by atoms with Crippen LogP contribution < -0.4 is 5.32 Å². The van der Waals surface area contributed by atoms with Crippen molar-refractivity contribution in [1.82, 2.24) is 20.4 Å². The van der Waals surface area contributed by atoms with Crippen LogP contribution in [0.3, 0.4) is 0 Å². The Labute approximate surface area is 108 Å². The lowest BCUT2D eigenvalue weighted by molar-refractivity contribution is 0.0993. The molecule has 2 aliphatic heterocycles. The van der Waals surface area contributed by atoms with Gasteiger partial charge in [0.15, 0.2) is 5.82 Å². The lowest BCUT2D eigenvalue weighted by atomic mass is 9.94. The molecule has 0 aliphatic carbocycles. The minimum Gasteiger partial charge on any atom is -0.338 e. The predicted octanol–water partition coefficient (Wildman–Crippen LogP) is 1.48. The summed E-state index contributed by atoms with van der Waals surface area (Å²) in [7, 11) is 0. The molecule has 1 N–H and O–H groups in total. The Morgan fingerprint density at radius 3 is 3.00 bits per heavy atom. The van der Waals surface area contributed by atoms with Crippen LogP contribution in [-0.4, -0.2) is 40.2 Å². The zero-order valence-electron chi connectivity index (χ0n) is 11.1. The van der Waals surface area contributed by atoms with E-state index in [1.807, 2.05) is 6.92 Å². The maximum Gasteiger partial charge on any atom is 0.240 e. The molecule has 0 aromatic carbocycles. The van der Waals surface area contributed by atoms with Crippen LogP contribution in [0.25, 0.3) is 0 Å². The molecule has 18 heavy (non-hydrogen) atoms. The van der Waals surface area contributed by atoms with Gasteiger partial charge in [-0.2, -0.15) is 4.98 Å². The molecule has 2 atom stereocenters. The Bertz CT molecular complexity index is 386. The highest BCUT2D eigenvalue weighted by Crippen LogP contribution is 2.25. The van der Waals surface area contributed by atoms with Crippen LogP contribution in [0.15, 0.2) is 4.52 Å². The van der Waals surface area contributed by atoms with Gasteiger partial charge in [-0.3, -0.25) is 4.90 Å². The van der Waals surface area contributed by atoms with Crippen LogP contribution in [0.1, 0.15) is 43.8 Å². The van der Waals surface area contributed by atoms with E-state index in [4.69, 9.17) is 4.52 Å². The van der Waals surface area contributed by atoms with Gasteiger partial charge in [0.05, 0.1) is 6.54 Å². The molecule has 2 saturated heterocycles. The second-order valence-corrected chi connectivity index (χ2v) is 5.47. The van der Waals surface area contributed by atoms with Gasteiger partial charge < -0.3 is 9.84 Å². The summed E-state index contributed by atoms with van der Waals surface area (Å²) in [6, 6.07) is 1.31. The minimum atomic E-state index is 0.647. The molecule has 0 bridgehead atoms. The Hall–Kier alpha value is -0.940. The first kappa shape index (κ1) is 12.1. The Kier molecular flexibility index (Phi) is 3.61. The summed E-state index contributed by atoms with van der Waals surface area (Å²) in [6.45, 7) is 5.02. The van der Waals surface area contributed by atoms with Gasteiger partial charge in [0, 0.05) is 12.1 Å². The third kappa shape index (κ3) is 2.57. The first-order valence-electron chi connectivity index (χ1n) is 7.09. The average Bonchev–Trinajstić information content (AvgIpc) is 3.02. The van der Waals surface area contributed by atoms with Crippen molar-refractivity contribution in [3.05, 3.63) is 11.7 Å². The smallest absolute Gasteiger partial charge is 0.240 e. The fourth-order valence-corrected chi connectivity index (χ4v) is 3.29. The number of nitrogens with zero attached hydrogens (tertiary/aromatic N) is 3. The van der Waals surface area contributed by atoms with Gasteiger partial charge in [-0.15, -0.1) is 0 Å². The van der Waals surface area contributed by atoms with Gasteiger partial charge in [0.1, 0.15) is 0 Å². The van der Waals surface area contributed by atoms with Crippen molar-refractivity contribution in [3.63, 3.8) is 0 Å². The van der Waals surface area contributed by atoms with Crippen LogP contribution in [0.5, 0.6) is 0 Å². The number of aryl methyl sites for hydroxylation is 1. The standard InChI is InChI=1S/C13H22N4O/c1-10-15-13(18-16-10)9-17-8-3-2-6-12(17)11-5-4-7-14-11/h11-12,14H,2-9H2,1H3. The third-order valence-corrected chi connectivity index (χ3v) is 4.14. The molecule has 2 aliphatic rings. The molecule has 3 rings (SSSR count). The van der Waals surface area contributed by atoms with E-state index in [-0.39, 0.29) is 0 Å². The molecule has 1 aromatic heterocycles. The second-order valence-electron chi connectivity index (χ2n) is 5.47.